The summed E-state index contributed by atoms with van der Waals surface area (Å²) in [7, 11) is 0. The molecule has 1 amide bonds. The van der Waals surface area contributed by atoms with Crippen molar-refractivity contribution < 1.29 is 19.4 Å². The molecule has 2 saturated heterocycles. The summed E-state index contributed by atoms with van der Waals surface area (Å²) in [6, 6.07) is 19.4. The highest BCUT2D eigenvalue weighted by molar-refractivity contribution is 5.80. The third-order valence-corrected chi connectivity index (χ3v) is 5.45. The highest BCUT2D eigenvalue weighted by Gasteiger charge is 2.53. The zero-order valence-corrected chi connectivity index (χ0v) is 15.2. The van der Waals surface area contributed by atoms with Crippen LogP contribution < -0.4 is 0 Å². The average molecular weight is 367 g/mol. The van der Waals surface area contributed by atoms with Crippen LogP contribution in [0, 0.1) is 0 Å². The number of rotatable bonds is 7. The van der Waals surface area contributed by atoms with Gasteiger partial charge in [-0.05, 0) is 17.5 Å². The Bertz CT molecular complexity index is 751. The predicted octanol–water partition coefficient (Wildman–Crippen LogP) is 2.52. The van der Waals surface area contributed by atoms with Crippen molar-refractivity contribution in [3.05, 3.63) is 71.8 Å². The number of hydrogen-bond acceptors (Lipinski definition) is 4. The summed E-state index contributed by atoms with van der Waals surface area (Å²) >= 11 is 0. The van der Waals surface area contributed by atoms with Gasteiger partial charge >= 0.3 is 0 Å². The van der Waals surface area contributed by atoms with Gasteiger partial charge in [-0.15, -0.1) is 0 Å². The molecule has 27 heavy (non-hydrogen) atoms. The molecule has 2 aromatic carbocycles. The molecular weight excluding hydrogens is 342 g/mol. The first-order valence-electron chi connectivity index (χ1n) is 9.50. The third kappa shape index (κ3) is 3.90. The molecule has 0 aliphatic carbocycles. The van der Waals surface area contributed by atoms with Gasteiger partial charge < -0.3 is 19.5 Å². The monoisotopic (exact) mass is 367 g/mol. The number of ether oxygens (including phenoxy) is 2. The molecule has 0 saturated carbocycles. The molecule has 4 atom stereocenters. The van der Waals surface area contributed by atoms with Gasteiger partial charge in [-0.25, -0.2) is 0 Å². The van der Waals surface area contributed by atoms with Crippen molar-refractivity contribution >= 4 is 5.91 Å². The van der Waals surface area contributed by atoms with Crippen molar-refractivity contribution in [3.8, 4) is 0 Å². The maximum Gasteiger partial charge on any atom is 0.223 e. The second-order valence-corrected chi connectivity index (χ2v) is 7.23. The van der Waals surface area contributed by atoms with Crippen LogP contribution in [0.2, 0.25) is 0 Å². The largest absolute Gasteiger partial charge is 0.388 e. The van der Waals surface area contributed by atoms with E-state index in [1.807, 2.05) is 60.7 Å². The second kappa shape index (κ2) is 8.21. The molecule has 5 nitrogen and oxygen atoms in total. The fourth-order valence-corrected chi connectivity index (χ4v) is 4.12. The van der Waals surface area contributed by atoms with Gasteiger partial charge in [0, 0.05) is 6.42 Å². The summed E-state index contributed by atoms with van der Waals surface area (Å²) in [5, 5.41) is 10.8. The SMILES string of the molecule is O=C1CC[C@@H]2[C@@H](O)[C@H](OCc3ccccc3)[C@@H](COCc3ccccc3)N12. The van der Waals surface area contributed by atoms with Crippen LogP contribution in [0.4, 0.5) is 0 Å². The molecule has 2 aliphatic heterocycles. The van der Waals surface area contributed by atoms with Crippen LogP contribution in [0.3, 0.4) is 0 Å². The van der Waals surface area contributed by atoms with Crippen molar-refractivity contribution in [1.29, 1.82) is 0 Å². The number of amides is 1. The third-order valence-electron chi connectivity index (χ3n) is 5.45. The number of carbonyl (C=O) groups excluding carboxylic acids is 1. The van der Waals surface area contributed by atoms with Crippen molar-refractivity contribution in [3.63, 3.8) is 0 Å². The van der Waals surface area contributed by atoms with E-state index >= 15 is 0 Å². The summed E-state index contributed by atoms with van der Waals surface area (Å²) in [6.45, 7) is 1.24. The van der Waals surface area contributed by atoms with E-state index in [1.165, 1.54) is 0 Å². The minimum Gasteiger partial charge on any atom is -0.388 e. The Kier molecular flexibility index (Phi) is 5.53. The van der Waals surface area contributed by atoms with Gasteiger partial charge in [0.15, 0.2) is 0 Å². The molecule has 0 unspecified atom stereocenters. The summed E-state index contributed by atoms with van der Waals surface area (Å²) in [5.74, 6) is 0.0816. The van der Waals surface area contributed by atoms with Crippen molar-refractivity contribution in [1.82, 2.24) is 4.90 Å². The average Bonchev–Trinajstić information content (AvgIpc) is 3.21. The normalized spacial score (nSPS) is 27.1. The van der Waals surface area contributed by atoms with E-state index < -0.39 is 12.2 Å². The number of aliphatic hydroxyl groups excluding tert-OH is 1. The van der Waals surface area contributed by atoms with Gasteiger partial charge in [-0.1, -0.05) is 60.7 Å². The van der Waals surface area contributed by atoms with E-state index in [0.29, 0.717) is 32.7 Å². The Morgan fingerprint density at radius 2 is 1.59 bits per heavy atom. The van der Waals surface area contributed by atoms with Crippen molar-refractivity contribution in [2.24, 2.45) is 0 Å². The molecule has 0 bridgehead atoms. The second-order valence-electron chi connectivity index (χ2n) is 7.23. The molecular formula is C22H25NO4. The molecule has 2 fully saturated rings. The summed E-state index contributed by atoms with van der Waals surface area (Å²) in [5.41, 5.74) is 2.13. The molecule has 142 valence electrons. The van der Waals surface area contributed by atoms with E-state index in [2.05, 4.69) is 0 Å². The minimum atomic E-state index is -0.675. The van der Waals surface area contributed by atoms with E-state index in [-0.39, 0.29) is 18.0 Å². The first-order valence-corrected chi connectivity index (χ1v) is 9.50. The van der Waals surface area contributed by atoms with E-state index in [0.717, 1.165) is 11.1 Å². The quantitative estimate of drug-likeness (QED) is 0.817. The lowest BCUT2D eigenvalue weighted by Gasteiger charge is -2.27. The van der Waals surface area contributed by atoms with Crippen LogP contribution in [0.1, 0.15) is 24.0 Å². The molecule has 0 radical (unpaired) electrons. The standard InChI is InChI=1S/C22H25NO4/c24-20-12-11-18-21(25)22(27-14-17-9-5-2-6-10-17)19(23(18)20)15-26-13-16-7-3-1-4-8-16/h1-10,18-19,21-22,25H,11-15H2/t18-,19-,21-,22-/m1/s1. The molecule has 0 spiro atoms. The van der Waals surface area contributed by atoms with Gasteiger partial charge in [0.1, 0.15) is 12.2 Å². The zero-order valence-electron chi connectivity index (χ0n) is 15.2. The Morgan fingerprint density at radius 1 is 0.963 bits per heavy atom. The van der Waals surface area contributed by atoms with Gasteiger partial charge in [0.05, 0.1) is 31.9 Å². The highest BCUT2D eigenvalue weighted by atomic mass is 16.5. The van der Waals surface area contributed by atoms with Crippen LogP contribution in [0.25, 0.3) is 0 Å². The zero-order chi connectivity index (χ0) is 18.6. The molecule has 2 heterocycles. The van der Waals surface area contributed by atoms with Crippen molar-refractivity contribution in [2.45, 2.75) is 50.3 Å². The predicted molar refractivity (Wildman–Crippen MR) is 101 cm³/mol. The minimum absolute atomic E-state index is 0.0816. The number of benzene rings is 2. The van der Waals surface area contributed by atoms with Gasteiger partial charge in [-0.3, -0.25) is 4.79 Å². The molecule has 2 aliphatic rings. The number of nitrogens with zero attached hydrogens (tertiary/aromatic N) is 1. The first-order chi connectivity index (χ1) is 13.2. The number of carbonyl (C=O) groups is 1. The Labute approximate surface area is 159 Å². The topological polar surface area (TPSA) is 59.0 Å². The van der Waals surface area contributed by atoms with Crippen LogP contribution in [0.5, 0.6) is 0 Å². The van der Waals surface area contributed by atoms with Crippen LogP contribution in [-0.4, -0.2) is 46.8 Å². The van der Waals surface area contributed by atoms with Crippen LogP contribution in [0.15, 0.2) is 60.7 Å². The summed E-state index contributed by atoms with van der Waals surface area (Å²) in [6.07, 6.45) is 0.0589. The molecule has 4 rings (SSSR count). The smallest absolute Gasteiger partial charge is 0.223 e. The molecule has 5 heteroatoms. The number of aliphatic hydroxyl groups is 1. The van der Waals surface area contributed by atoms with Gasteiger partial charge in [0.25, 0.3) is 0 Å². The van der Waals surface area contributed by atoms with E-state index in [1.54, 1.807) is 4.90 Å². The molecule has 2 aromatic rings. The van der Waals surface area contributed by atoms with E-state index in [4.69, 9.17) is 9.47 Å². The van der Waals surface area contributed by atoms with Crippen LogP contribution in [-0.2, 0) is 27.5 Å². The van der Waals surface area contributed by atoms with Gasteiger partial charge in [0.2, 0.25) is 5.91 Å². The lowest BCUT2D eigenvalue weighted by Crippen LogP contribution is -2.43. The number of fused-ring (bicyclic) bond motifs is 1. The molecule has 1 N–H and O–H groups in total. The Morgan fingerprint density at radius 3 is 2.26 bits per heavy atom. The maximum atomic E-state index is 12.4. The van der Waals surface area contributed by atoms with E-state index in [9.17, 15) is 9.90 Å². The van der Waals surface area contributed by atoms with Gasteiger partial charge in [-0.2, -0.15) is 0 Å². The fraction of sp³-hybridized carbons (Fsp3) is 0.409. The lowest BCUT2D eigenvalue weighted by atomic mass is 10.0. The number of hydrogen-bond donors (Lipinski definition) is 1. The first kappa shape index (κ1) is 18.2. The maximum absolute atomic E-state index is 12.4. The highest BCUT2D eigenvalue weighted by Crippen LogP contribution is 2.36. The summed E-state index contributed by atoms with van der Waals surface area (Å²) in [4.78, 5) is 14.2. The van der Waals surface area contributed by atoms with Crippen LogP contribution >= 0.6 is 0 Å². The van der Waals surface area contributed by atoms with Crippen molar-refractivity contribution in [2.75, 3.05) is 6.61 Å². The lowest BCUT2D eigenvalue weighted by molar-refractivity contribution is -0.133. The fourth-order valence-electron chi connectivity index (χ4n) is 4.12. The molecule has 0 aromatic heterocycles. The Hall–Kier alpha value is -2.21. The summed E-state index contributed by atoms with van der Waals surface area (Å²) < 4.78 is 12.0. The Balaban J connectivity index is 1.43.